The lowest BCUT2D eigenvalue weighted by atomic mass is 10.0. The Bertz CT molecular complexity index is 1210. The topological polar surface area (TPSA) is 52.6 Å². The van der Waals surface area contributed by atoms with Crippen molar-refractivity contribution in [1.82, 2.24) is 0 Å². The van der Waals surface area contributed by atoms with Gasteiger partial charge in [-0.05, 0) is 79.8 Å². The molecule has 3 aromatic rings. The van der Waals surface area contributed by atoms with Crippen molar-refractivity contribution in [2.75, 3.05) is 0 Å². The van der Waals surface area contributed by atoms with E-state index in [0.29, 0.717) is 11.3 Å². The maximum Gasteiger partial charge on any atom is 0.390 e. The molecule has 0 saturated heterocycles. The molecule has 0 aromatic heterocycles. The minimum Gasteiger partial charge on any atom is -0.459 e. The third-order valence-electron chi connectivity index (χ3n) is 6.19. The molecule has 3 rings (SSSR count). The van der Waals surface area contributed by atoms with Crippen molar-refractivity contribution in [2.45, 2.75) is 78.2 Å². The number of benzene rings is 3. The van der Waals surface area contributed by atoms with Gasteiger partial charge in [-0.2, -0.15) is 0 Å². The van der Waals surface area contributed by atoms with E-state index in [2.05, 4.69) is 30.9 Å². The number of unbranched alkanes of at least 4 members (excludes halogenated alkanes) is 6. The standard InChI is InChI=1S/C34H38O4/c1-4-5-6-7-8-9-10-11-27-12-14-28(15-13-27)16-25-33(35)38-32-23-21-30(22-24-32)29-17-19-31(20-18-29)34(36)37-26(2)3/h12-15,17-24,26H,4-11H2,1-3H3. The number of ether oxygens (including phenoxy) is 2. The second-order valence-corrected chi connectivity index (χ2v) is 9.76. The van der Waals surface area contributed by atoms with Gasteiger partial charge in [0.05, 0.1) is 11.7 Å². The van der Waals surface area contributed by atoms with Gasteiger partial charge >= 0.3 is 11.9 Å². The molecule has 3 aromatic carbocycles. The Morgan fingerprint density at radius 1 is 0.737 bits per heavy atom. The zero-order valence-corrected chi connectivity index (χ0v) is 22.8. The van der Waals surface area contributed by atoms with Crippen LogP contribution in [0.25, 0.3) is 11.1 Å². The second kappa shape index (κ2) is 15.4. The summed E-state index contributed by atoms with van der Waals surface area (Å²) < 4.78 is 10.6. The highest BCUT2D eigenvalue weighted by Crippen LogP contribution is 2.23. The van der Waals surface area contributed by atoms with Crippen LogP contribution < -0.4 is 4.74 Å². The molecule has 0 amide bonds. The van der Waals surface area contributed by atoms with Crippen molar-refractivity contribution in [3.8, 4) is 28.7 Å². The van der Waals surface area contributed by atoms with E-state index in [0.717, 1.165) is 23.1 Å². The first kappa shape index (κ1) is 28.7. The van der Waals surface area contributed by atoms with Gasteiger partial charge in [0.1, 0.15) is 5.75 Å². The molecule has 4 heteroatoms. The van der Waals surface area contributed by atoms with Crippen LogP contribution in [0.5, 0.6) is 5.75 Å². The van der Waals surface area contributed by atoms with Crippen molar-refractivity contribution in [3.63, 3.8) is 0 Å². The summed E-state index contributed by atoms with van der Waals surface area (Å²) >= 11 is 0. The summed E-state index contributed by atoms with van der Waals surface area (Å²) in [4.78, 5) is 24.2. The highest BCUT2D eigenvalue weighted by Gasteiger charge is 2.09. The summed E-state index contributed by atoms with van der Waals surface area (Å²) in [5.74, 6) is 4.94. The highest BCUT2D eigenvalue weighted by molar-refractivity contribution is 5.91. The van der Waals surface area contributed by atoms with Crippen LogP contribution in [0.3, 0.4) is 0 Å². The van der Waals surface area contributed by atoms with Gasteiger partial charge < -0.3 is 9.47 Å². The predicted octanol–water partition coefficient (Wildman–Crippen LogP) is 8.17. The Hall–Kier alpha value is -3.84. The second-order valence-electron chi connectivity index (χ2n) is 9.76. The minimum atomic E-state index is -0.599. The van der Waals surface area contributed by atoms with Crippen molar-refractivity contribution >= 4 is 11.9 Å². The predicted molar refractivity (Wildman–Crippen MR) is 153 cm³/mol. The molecular weight excluding hydrogens is 472 g/mol. The average Bonchev–Trinajstić information content (AvgIpc) is 2.92. The smallest absolute Gasteiger partial charge is 0.390 e. The Morgan fingerprint density at radius 2 is 1.32 bits per heavy atom. The van der Waals surface area contributed by atoms with Crippen LogP contribution in [0.4, 0.5) is 0 Å². The average molecular weight is 511 g/mol. The molecule has 0 unspecified atom stereocenters. The SMILES string of the molecule is CCCCCCCCCc1ccc(C#CC(=O)Oc2ccc(-c3ccc(C(=O)OC(C)C)cc3)cc2)cc1. The fourth-order valence-electron chi connectivity index (χ4n) is 4.09. The van der Waals surface area contributed by atoms with Crippen LogP contribution in [-0.4, -0.2) is 18.0 Å². The van der Waals surface area contributed by atoms with Crippen LogP contribution >= 0.6 is 0 Å². The van der Waals surface area contributed by atoms with Crippen LogP contribution in [0.1, 0.15) is 87.2 Å². The van der Waals surface area contributed by atoms with Crippen LogP contribution in [0.2, 0.25) is 0 Å². The Kier molecular flexibility index (Phi) is 11.7. The van der Waals surface area contributed by atoms with Crippen LogP contribution in [0.15, 0.2) is 72.8 Å². The molecule has 0 aliphatic heterocycles. The van der Waals surface area contributed by atoms with E-state index < -0.39 is 5.97 Å². The zero-order chi connectivity index (χ0) is 27.2. The first-order valence-corrected chi connectivity index (χ1v) is 13.7. The molecule has 0 aliphatic carbocycles. The van der Waals surface area contributed by atoms with E-state index in [-0.39, 0.29) is 12.1 Å². The van der Waals surface area contributed by atoms with Gasteiger partial charge in [-0.3, -0.25) is 0 Å². The molecule has 0 N–H and O–H groups in total. The summed E-state index contributed by atoms with van der Waals surface area (Å²) in [5, 5.41) is 0. The third kappa shape index (κ3) is 9.90. The highest BCUT2D eigenvalue weighted by atomic mass is 16.5. The lowest BCUT2D eigenvalue weighted by molar-refractivity contribution is -0.128. The minimum absolute atomic E-state index is 0.160. The number of carbonyl (C=O) groups is 2. The molecule has 4 nitrogen and oxygen atoms in total. The zero-order valence-electron chi connectivity index (χ0n) is 22.8. The monoisotopic (exact) mass is 510 g/mol. The lowest BCUT2D eigenvalue weighted by Gasteiger charge is -2.08. The maximum atomic E-state index is 12.2. The van der Waals surface area contributed by atoms with Crippen molar-refractivity contribution < 1.29 is 19.1 Å². The number of hydrogen-bond acceptors (Lipinski definition) is 4. The van der Waals surface area contributed by atoms with E-state index in [4.69, 9.17) is 9.47 Å². The molecular formula is C34H38O4. The van der Waals surface area contributed by atoms with Crippen LogP contribution in [0, 0.1) is 11.8 Å². The molecule has 0 bridgehead atoms. The van der Waals surface area contributed by atoms with E-state index in [1.54, 1.807) is 24.3 Å². The van der Waals surface area contributed by atoms with E-state index >= 15 is 0 Å². The van der Waals surface area contributed by atoms with E-state index in [9.17, 15) is 9.59 Å². The molecule has 0 heterocycles. The molecule has 0 atom stereocenters. The normalized spacial score (nSPS) is 10.5. The Morgan fingerprint density at radius 3 is 1.92 bits per heavy atom. The van der Waals surface area contributed by atoms with Gasteiger partial charge in [-0.1, -0.05) is 87.8 Å². The first-order chi connectivity index (χ1) is 18.4. The first-order valence-electron chi connectivity index (χ1n) is 13.7. The van der Waals surface area contributed by atoms with E-state index in [1.165, 1.54) is 50.5 Å². The summed E-state index contributed by atoms with van der Waals surface area (Å²) in [7, 11) is 0. The summed E-state index contributed by atoms with van der Waals surface area (Å²) in [6, 6.07) is 22.5. The lowest BCUT2D eigenvalue weighted by Crippen LogP contribution is -2.11. The molecule has 0 fully saturated rings. The van der Waals surface area contributed by atoms with Gasteiger partial charge in [-0.15, -0.1) is 0 Å². The van der Waals surface area contributed by atoms with Gasteiger partial charge in [0.2, 0.25) is 0 Å². The summed E-state index contributed by atoms with van der Waals surface area (Å²) in [5.41, 5.74) is 4.49. The fourth-order valence-corrected chi connectivity index (χ4v) is 4.09. The number of rotatable bonds is 12. The van der Waals surface area contributed by atoms with Gasteiger partial charge in [0, 0.05) is 11.5 Å². The summed E-state index contributed by atoms with van der Waals surface area (Å²) in [6.07, 6.45) is 10.0. The quantitative estimate of drug-likeness (QED) is 0.107. The van der Waals surface area contributed by atoms with Gasteiger partial charge in [0.15, 0.2) is 0 Å². The van der Waals surface area contributed by atoms with Crippen molar-refractivity contribution in [1.29, 1.82) is 0 Å². The summed E-state index contributed by atoms with van der Waals surface area (Å²) in [6.45, 7) is 5.89. The molecule has 0 radical (unpaired) electrons. The van der Waals surface area contributed by atoms with Gasteiger partial charge in [-0.25, -0.2) is 9.59 Å². The molecule has 0 aliphatic rings. The number of carbonyl (C=O) groups excluding carboxylic acids is 2. The van der Waals surface area contributed by atoms with Gasteiger partial charge in [0.25, 0.3) is 0 Å². The third-order valence-corrected chi connectivity index (χ3v) is 6.19. The largest absolute Gasteiger partial charge is 0.459 e. The van der Waals surface area contributed by atoms with Crippen molar-refractivity contribution in [2.24, 2.45) is 0 Å². The molecule has 0 saturated carbocycles. The van der Waals surface area contributed by atoms with E-state index in [1.807, 2.05) is 50.2 Å². The number of hydrogen-bond donors (Lipinski definition) is 0. The molecule has 38 heavy (non-hydrogen) atoms. The fraction of sp³-hybridized carbons (Fsp3) is 0.353. The molecule has 0 spiro atoms. The van der Waals surface area contributed by atoms with Crippen LogP contribution in [-0.2, 0) is 16.0 Å². The maximum absolute atomic E-state index is 12.2. The molecule has 198 valence electrons. The number of aryl methyl sites for hydroxylation is 1. The Labute approximate surface area is 227 Å². The Balaban J connectivity index is 1.46. The van der Waals surface area contributed by atoms with Crippen molar-refractivity contribution in [3.05, 3.63) is 89.5 Å². The number of esters is 2.